The summed E-state index contributed by atoms with van der Waals surface area (Å²) in [7, 11) is 0. The summed E-state index contributed by atoms with van der Waals surface area (Å²) in [5.74, 6) is 1.45. The van der Waals surface area contributed by atoms with Gasteiger partial charge < -0.3 is 15.1 Å². The first-order valence-electron chi connectivity index (χ1n) is 9.86. The number of hydrogen-bond acceptors (Lipinski definition) is 5. The molecule has 29 heavy (non-hydrogen) atoms. The van der Waals surface area contributed by atoms with Gasteiger partial charge in [0, 0.05) is 43.5 Å². The van der Waals surface area contributed by atoms with Crippen LogP contribution in [0.1, 0.15) is 11.1 Å². The molecule has 0 unspecified atom stereocenters. The van der Waals surface area contributed by atoms with E-state index in [9.17, 15) is 4.79 Å². The standard InChI is InChI=1S/C23H25N5O/c1-17-7-6-10-20(18(17)2)24-22-15-21(19-8-4-3-5-9-19)25-23(26-22)28-13-11-27(16-29)12-14-28/h3-10,15-16H,11-14H2,1-2H3,(H,24,25,26). The summed E-state index contributed by atoms with van der Waals surface area (Å²) in [5.41, 5.74) is 5.40. The molecule has 2 heterocycles. The lowest BCUT2D eigenvalue weighted by atomic mass is 10.1. The quantitative estimate of drug-likeness (QED) is 0.675. The Morgan fingerprint density at radius 1 is 0.931 bits per heavy atom. The van der Waals surface area contributed by atoms with Crippen molar-refractivity contribution < 1.29 is 4.79 Å². The van der Waals surface area contributed by atoms with E-state index in [0.717, 1.165) is 42.3 Å². The van der Waals surface area contributed by atoms with Crippen molar-refractivity contribution in [1.82, 2.24) is 14.9 Å². The fourth-order valence-electron chi connectivity index (χ4n) is 3.45. The Labute approximate surface area is 171 Å². The Balaban J connectivity index is 1.70. The molecule has 0 atom stereocenters. The smallest absolute Gasteiger partial charge is 0.228 e. The van der Waals surface area contributed by atoms with Crippen molar-refractivity contribution in [3.8, 4) is 11.3 Å². The maximum atomic E-state index is 11.0. The molecule has 0 bridgehead atoms. The largest absolute Gasteiger partial charge is 0.342 e. The van der Waals surface area contributed by atoms with Crippen molar-refractivity contribution in [3.05, 3.63) is 65.7 Å². The van der Waals surface area contributed by atoms with E-state index in [1.807, 2.05) is 30.3 Å². The Bertz CT molecular complexity index is 997. The molecule has 1 amide bonds. The second kappa shape index (κ2) is 8.31. The van der Waals surface area contributed by atoms with E-state index in [0.29, 0.717) is 19.0 Å². The first-order valence-corrected chi connectivity index (χ1v) is 9.86. The summed E-state index contributed by atoms with van der Waals surface area (Å²) >= 11 is 0. The lowest BCUT2D eigenvalue weighted by molar-refractivity contribution is -0.118. The summed E-state index contributed by atoms with van der Waals surface area (Å²) in [6.45, 7) is 7.02. The third-order valence-electron chi connectivity index (χ3n) is 5.40. The molecule has 0 spiro atoms. The third-order valence-corrected chi connectivity index (χ3v) is 5.40. The molecule has 1 aliphatic rings. The van der Waals surface area contributed by atoms with Crippen molar-refractivity contribution in [2.75, 3.05) is 36.4 Å². The van der Waals surface area contributed by atoms with E-state index in [1.54, 1.807) is 4.90 Å². The minimum absolute atomic E-state index is 0.683. The van der Waals surface area contributed by atoms with E-state index in [-0.39, 0.29) is 0 Å². The number of nitrogens with zero attached hydrogens (tertiary/aromatic N) is 4. The van der Waals surface area contributed by atoms with Crippen LogP contribution in [0.25, 0.3) is 11.3 Å². The monoisotopic (exact) mass is 387 g/mol. The van der Waals surface area contributed by atoms with Crippen molar-refractivity contribution in [3.63, 3.8) is 0 Å². The maximum absolute atomic E-state index is 11.0. The van der Waals surface area contributed by atoms with Gasteiger partial charge in [0.1, 0.15) is 5.82 Å². The number of hydrogen-bond donors (Lipinski definition) is 1. The zero-order valence-corrected chi connectivity index (χ0v) is 16.8. The van der Waals surface area contributed by atoms with Crippen LogP contribution in [0.4, 0.5) is 17.5 Å². The Morgan fingerprint density at radius 2 is 1.69 bits per heavy atom. The first-order chi connectivity index (χ1) is 14.1. The number of benzene rings is 2. The van der Waals surface area contributed by atoms with E-state index in [2.05, 4.69) is 48.3 Å². The van der Waals surface area contributed by atoms with Crippen LogP contribution in [0, 0.1) is 13.8 Å². The van der Waals surface area contributed by atoms with Gasteiger partial charge in [0.25, 0.3) is 0 Å². The van der Waals surface area contributed by atoms with Gasteiger partial charge in [0.05, 0.1) is 5.69 Å². The van der Waals surface area contributed by atoms with Crippen LogP contribution in [-0.2, 0) is 4.79 Å². The number of carbonyl (C=O) groups is 1. The second-order valence-corrected chi connectivity index (χ2v) is 7.31. The van der Waals surface area contributed by atoms with Gasteiger partial charge >= 0.3 is 0 Å². The van der Waals surface area contributed by atoms with Crippen molar-refractivity contribution >= 4 is 23.9 Å². The molecule has 0 aliphatic carbocycles. The van der Waals surface area contributed by atoms with Crippen LogP contribution >= 0.6 is 0 Å². The van der Waals surface area contributed by atoms with E-state index >= 15 is 0 Å². The van der Waals surface area contributed by atoms with Gasteiger partial charge in [-0.25, -0.2) is 4.98 Å². The van der Waals surface area contributed by atoms with Crippen molar-refractivity contribution in [1.29, 1.82) is 0 Å². The number of aryl methyl sites for hydroxylation is 1. The highest BCUT2D eigenvalue weighted by atomic mass is 16.1. The molecule has 1 saturated heterocycles. The van der Waals surface area contributed by atoms with Crippen LogP contribution in [0.5, 0.6) is 0 Å². The Morgan fingerprint density at radius 3 is 2.41 bits per heavy atom. The van der Waals surface area contributed by atoms with Gasteiger partial charge in [-0.1, -0.05) is 42.5 Å². The van der Waals surface area contributed by atoms with E-state index in [1.165, 1.54) is 11.1 Å². The number of rotatable bonds is 5. The van der Waals surface area contributed by atoms with Gasteiger partial charge in [-0.3, -0.25) is 4.79 Å². The first kappa shape index (κ1) is 18.9. The lowest BCUT2D eigenvalue weighted by Gasteiger charge is -2.32. The molecule has 2 aromatic carbocycles. The summed E-state index contributed by atoms with van der Waals surface area (Å²) < 4.78 is 0. The van der Waals surface area contributed by atoms with Crippen molar-refractivity contribution in [2.45, 2.75) is 13.8 Å². The fraction of sp³-hybridized carbons (Fsp3) is 0.261. The van der Waals surface area contributed by atoms with E-state index in [4.69, 9.17) is 9.97 Å². The molecular weight excluding hydrogens is 362 g/mol. The molecule has 0 saturated carbocycles. The number of amides is 1. The molecule has 0 radical (unpaired) electrons. The topological polar surface area (TPSA) is 61.4 Å². The fourth-order valence-corrected chi connectivity index (χ4v) is 3.45. The predicted octanol–water partition coefficient (Wildman–Crippen LogP) is 3.78. The molecular formula is C23H25N5O. The van der Waals surface area contributed by atoms with Crippen LogP contribution in [0.15, 0.2) is 54.6 Å². The van der Waals surface area contributed by atoms with Gasteiger partial charge in [0.2, 0.25) is 12.4 Å². The second-order valence-electron chi connectivity index (χ2n) is 7.31. The molecule has 1 aromatic heterocycles. The average Bonchev–Trinajstić information content (AvgIpc) is 2.77. The zero-order chi connectivity index (χ0) is 20.2. The minimum atomic E-state index is 0.683. The molecule has 3 aromatic rings. The number of aromatic nitrogens is 2. The average molecular weight is 387 g/mol. The number of anilines is 3. The summed E-state index contributed by atoms with van der Waals surface area (Å²) in [4.78, 5) is 24.6. The van der Waals surface area contributed by atoms with Crippen LogP contribution in [0.3, 0.4) is 0 Å². The molecule has 1 aliphatic heterocycles. The van der Waals surface area contributed by atoms with Crippen LogP contribution in [-0.4, -0.2) is 47.5 Å². The highest BCUT2D eigenvalue weighted by Crippen LogP contribution is 2.27. The molecule has 1 fully saturated rings. The summed E-state index contributed by atoms with van der Waals surface area (Å²) in [6, 6.07) is 18.3. The Hall–Kier alpha value is -3.41. The predicted molar refractivity (Wildman–Crippen MR) is 117 cm³/mol. The molecule has 1 N–H and O–H groups in total. The van der Waals surface area contributed by atoms with Crippen LogP contribution in [0.2, 0.25) is 0 Å². The zero-order valence-electron chi connectivity index (χ0n) is 16.8. The number of piperazine rings is 1. The SMILES string of the molecule is Cc1cccc(Nc2cc(-c3ccccc3)nc(N3CCN(C=O)CC3)n2)c1C. The number of carbonyl (C=O) groups excluding carboxylic acids is 1. The highest BCUT2D eigenvalue weighted by molar-refractivity contribution is 5.69. The van der Waals surface area contributed by atoms with Gasteiger partial charge in [0.15, 0.2) is 0 Å². The van der Waals surface area contributed by atoms with Gasteiger partial charge in [-0.2, -0.15) is 4.98 Å². The summed E-state index contributed by atoms with van der Waals surface area (Å²) in [6.07, 6.45) is 0.909. The van der Waals surface area contributed by atoms with Gasteiger partial charge in [-0.05, 0) is 31.0 Å². The van der Waals surface area contributed by atoms with E-state index < -0.39 is 0 Å². The molecule has 6 heteroatoms. The summed E-state index contributed by atoms with van der Waals surface area (Å²) in [5, 5.41) is 3.48. The highest BCUT2D eigenvalue weighted by Gasteiger charge is 2.19. The van der Waals surface area contributed by atoms with Crippen molar-refractivity contribution in [2.24, 2.45) is 0 Å². The molecule has 6 nitrogen and oxygen atoms in total. The molecule has 148 valence electrons. The van der Waals surface area contributed by atoms with Gasteiger partial charge in [-0.15, -0.1) is 0 Å². The van der Waals surface area contributed by atoms with Crippen LogP contribution < -0.4 is 10.2 Å². The maximum Gasteiger partial charge on any atom is 0.228 e. The minimum Gasteiger partial charge on any atom is -0.342 e. The lowest BCUT2D eigenvalue weighted by Crippen LogP contribution is -2.46. The normalized spacial score (nSPS) is 14.0. The Kier molecular flexibility index (Phi) is 5.42. The third kappa shape index (κ3) is 4.21. The molecule has 4 rings (SSSR count). The number of nitrogens with one attached hydrogen (secondary N) is 1.